The van der Waals surface area contributed by atoms with Gasteiger partial charge in [0.1, 0.15) is 0 Å². The van der Waals surface area contributed by atoms with Gasteiger partial charge < -0.3 is 14.8 Å². The van der Waals surface area contributed by atoms with Gasteiger partial charge in [0, 0.05) is 17.3 Å². The van der Waals surface area contributed by atoms with Crippen LogP contribution in [0.4, 0.5) is 5.69 Å². The zero-order valence-corrected chi connectivity index (χ0v) is 12.8. The van der Waals surface area contributed by atoms with E-state index in [1.54, 1.807) is 25.1 Å². The number of rotatable bonds is 4. The van der Waals surface area contributed by atoms with Crippen molar-refractivity contribution in [1.82, 2.24) is 0 Å². The van der Waals surface area contributed by atoms with Gasteiger partial charge in [0.05, 0.1) is 0 Å². The molecule has 1 N–H and O–H groups in total. The van der Waals surface area contributed by atoms with Gasteiger partial charge in [-0.3, -0.25) is 4.79 Å². The van der Waals surface area contributed by atoms with Crippen LogP contribution in [0, 0.1) is 6.92 Å². The average molecular weight is 312 g/mol. The van der Waals surface area contributed by atoms with E-state index in [-0.39, 0.29) is 0 Å². The Morgan fingerprint density at radius 1 is 1.48 bits per heavy atom. The number of benzene rings is 1. The van der Waals surface area contributed by atoms with Crippen LogP contribution in [0.3, 0.4) is 0 Å². The van der Waals surface area contributed by atoms with E-state index >= 15 is 0 Å². The lowest BCUT2D eigenvalue weighted by atomic mass is 10.2. The minimum atomic E-state index is -0.889. The average Bonchev–Trinajstić information content (AvgIpc) is 2.98. The van der Waals surface area contributed by atoms with Crippen molar-refractivity contribution in [2.45, 2.75) is 38.9 Å². The summed E-state index contributed by atoms with van der Waals surface area (Å²) in [6.07, 6.45) is 0.0380. The number of hydrogen-bond acceptors (Lipinski definition) is 4. The van der Waals surface area contributed by atoms with E-state index in [0.29, 0.717) is 23.7 Å². The van der Waals surface area contributed by atoms with Gasteiger partial charge in [0.15, 0.2) is 12.2 Å². The van der Waals surface area contributed by atoms with Gasteiger partial charge in [-0.25, -0.2) is 4.79 Å². The summed E-state index contributed by atoms with van der Waals surface area (Å²) < 4.78 is 10.4. The molecule has 0 unspecified atom stereocenters. The molecule has 0 aromatic heterocycles. The second-order valence-corrected chi connectivity index (χ2v) is 5.39. The minimum Gasteiger partial charge on any atom is -0.451 e. The molecule has 0 bridgehead atoms. The van der Waals surface area contributed by atoms with Crippen molar-refractivity contribution in [3.8, 4) is 0 Å². The predicted molar refractivity (Wildman–Crippen MR) is 79.3 cm³/mol. The van der Waals surface area contributed by atoms with Gasteiger partial charge in [0.25, 0.3) is 5.91 Å². The fourth-order valence-corrected chi connectivity index (χ4v) is 2.22. The summed E-state index contributed by atoms with van der Waals surface area (Å²) in [5, 5.41) is 3.27. The van der Waals surface area contributed by atoms with Crippen LogP contribution in [-0.4, -0.2) is 30.7 Å². The zero-order valence-electron chi connectivity index (χ0n) is 12.0. The number of carbonyl (C=O) groups excluding carboxylic acids is 2. The molecule has 6 heteroatoms. The fraction of sp³-hybridized carbons (Fsp3) is 0.467. The van der Waals surface area contributed by atoms with Crippen LogP contribution in [-0.2, 0) is 19.1 Å². The summed E-state index contributed by atoms with van der Waals surface area (Å²) in [5.74, 6) is -0.885. The molecule has 21 heavy (non-hydrogen) atoms. The van der Waals surface area contributed by atoms with Crippen molar-refractivity contribution < 1.29 is 19.1 Å². The van der Waals surface area contributed by atoms with E-state index < -0.39 is 24.1 Å². The Morgan fingerprint density at radius 2 is 2.24 bits per heavy atom. The lowest BCUT2D eigenvalue weighted by Crippen LogP contribution is -2.34. The maximum atomic E-state index is 12.1. The van der Waals surface area contributed by atoms with Crippen molar-refractivity contribution in [1.29, 1.82) is 0 Å². The molecule has 1 aliphatic heterocycles. The highest BCUT2D eigenvalue weighted by Crippen LogP contribution is 2.23. The summed E-state index contributed by atoms with van der Waals surface area (Å²) in [7, 11) is 0. The third kappa shape index (κ3) is 3.95. The molecule has 1 aromatic rings. The Kier molecular flexibility index (Phi) is 5.20. The molecule has 1 heterocycles. The summed E-state index contributed by atoms with van der Waals surface area (Å²) in [4.78, 5) is 23.8. The standard InChI is InChI=1S/C15H18ClNO4/c1-9-11(16)5-3-6-12(9)17-14(18)10(2)21-15(19)13-7-4-8-20-13/h3,5-6,10,13H,4,7-8H2,1-2H3,(H,17,18)/t10-,13-/m0/s1. The van der Waals surface area contributed by atoms with Crippen LogP contribution >= 0.6 is 11.6 Å². The lowest BCUT2D eigenvalue weighted by molar-refractivity contribution is -0.162. The van der Waals surface area contributed by atoms with E-state index in [1.165, 1.54) is 6.92 Å². The molecule has 1 aromatic carbocycles. The Morgan fingerprint density at radius 3 is 2.90 bits per heavy atom. The fourth-order valence-electron chi connectivity index (χ4n) is 2.04. The molecule has 1 saturated heterocycles. The monoisotopic (exact) mass is 311 g/mol. The quantitative estimate of drug-likeness (QED) is 0.868. The first-order valence-corrected chi connectivity index (χ1v) is 7.25. The highest BCUT2D eigenvalue weighted by atomic mass is 35.5. The van der Waals surface area contributed by atoms with Gasteiger partial charge in [0.2, 0.25) is 0 Å². The van der Waals surface area contributed by atoms with Gasteiger partial charge in [-0.2, -0.15) is 0 Å². The smallest absolute Gasteiger partial charge is 0.336 e. The zero-order chi connectivity index (χ0) is 15.4. The normalized spacial score (nSPS) is 19.1. The van der Waals surface area contributed by atoms with Crippen molar-refractivity contribution in [3.63, 3.8) is 0 Å². The number of carbonyl (C=O) groups is 2. The molecule has 1 amide bonds. The molecule has 114 valence electrons. The van der Waals surface area contributed by atoms with Crippen molar-refractivity contribution >= 4 is 29.2 Å². The van der Waals surface area contributed by atoms with Crippen molar-refractivity contribution in [2.24, 2.45) is 0 Å². The highest BCUT2D eigenvalue weighted by Gasteiger charge is 2.28. The van der Waals surface area contributed by atoms with E-state index in [9.17, 15) is 9.59 Å². The van der Waals surface area contributed by atoms with Gasteiger partial charge in [-0.1, -0.05) is 17.7 Å². The third-order valence-corrected chi connectivity index (χ3v) is 3.79. The lowest BCUT2D eigenvalue weighted by Gasteiger charge is -2.17. The third-order valence-electron chi connectivity index (χ3n) is 3.38. The molecule has 1 aliphatic rings. The minimum absolute atomic E-state index is 0.397. The number of ether oxygens (including phenoxy) is 2. The van der Waals surface area contributed by atoms with Gasteiger partial charge in [-0.05, 0) is 44.4 Å². The number of hydrogen-bond donors (Lipinski definition) is 1. The summed E-state index contributed by atoms with van der Waals surface area (Å²) >= 11 is 5.99. The van der Waals surface area contributed by atoms with E-state index in [0.717, 1.165) is 12.0 Å². The molecule has 2 rings (SSSR count). The topological polar surface area (TPSA) is 64.6 Å². The van der Waals surface area contributed by atoms with E-state index in [4.69, 9.17) is 21.1 Å². The molecule has 5 nitrogen and oxygen atoms in total. The predicted octanol–water partition coefficient (Wildman–Crippen LogP) is 2.70. The molecular formula is C15H18ClNO4. The maximum absolute atomic E-state index is 12.1. The number of esters is 1. The second kappa shape index (κ2) is 6.91. The van der Waals surface area contributed by atoms with Crippen LogP contribution < -0.4 is 5.32 Å². The molecular weight excluding hydrogens is 294 g/mol. The Bertz CT molecular complexity index is 540. The van der Waals surface area contributed by atoms with Crippen molar-refractivity contribution in [2.75, 3.05) is 11.9 Å². The first-order valence-electron chi connectivity index (χ1n) is 6.87. The summed E-state index contributed by atoms with van der Waals surface area (Å²) in [6, 6.07) is 5.23. The first-order chi connectivity index (χ1) is 9.99. The molecule has 0 spiro atoms. The van der Waals surface area contributed by atoms with Crippen LogP contribution in [0.2, 0.25) is 5.02 Å². The molecule has 1 fully saturated rings. The molecule has 2 atom stereocenters. The van der Waals surface area contributed by atoms with Gasteiger partial charge in [-0.15, -0.1) is 0 Å². The molecule has 0 saturated carbocycles. The Labute approximate surface area is 128 Å². The SMILES string of the molecule is Cc1c(Cl)cccc1NC(=O)[C@H](C)OC(=O)[C@@H]1CCCO1. The molecule has 0 radical (unpaired) electrons. The number of nitrogens with one attached hydrogen (secondary N) is 1. The number of anilines is 1. The first kappa shape index (κ1) is 15.8. The highest BCUT2D eigenvalue weighted by molar-refractivity contribution is 6.31. The van der Waals surface area contributed by atoms with Gasteiger partial charge >= 0.3 is 5.97 Å². The van der Waals surface area contributed by atoms with Crippen LogP contribution in [0.25, 0.3) is 0 Å². The molecule has 0 aliphatic carbocycles. The van der Waals surface area contributed by atoms with Crippen molar-refractivity contribution in [3.05, 3.63) is 28.8 Å². The largest absolute Gasteiger partial charge is 0.451 e. The van der Waals surface area contributed by atoms with Crippen LogP contribution in [0.5, 0.6) is 0 Å². The van der Waals surface area contributed by atoms with Crippen LogP contribution in [0.15, 0.2) is 18.2 Å². The van der Waals surface area contributed by atoms with E-state index in [2.05, 4.69) is 5.32 Å². The summed E-state index contributed by atoms with van der Waals surface area (Å²) in [6.45, 7) is 3.89. The maximum Gasteiger partial charge on any atom is 0.336 e. The Balaban J connectivity index is 1.93. The number of amides is 1. The summed E-state index contributed by atoms with van der Waals surface area (Å²) in [5.41, 5.74) is 1.37. The second-order valence-electron chi connectivity index (χ2n) is 4.98. The Hall–Kier alpha value is -1.59. The van der Waals surface area contributed by atoms with E-state index in [1.807, 2.05) is 0 Å². The number of halogens is 1. The van der Waals surface area contributed by atoms with Crippen LogP contribution in [0.1, 0.15) is 25.3 Å².